The maximum absolute atomic E-state index is 12.4. The van der Waals surface area contributed by atoms with Crippen molar-refractivity contribution in [1.29, 1.82) is 0 Å². The number of aromatic nitrogens is 2. The van der Waals surface area contributed by atoms with Crippen molar-refractivity contribution in [2.24, 2.45) is 0 Å². The molecule has 2 aromatic heterocycles. The Balaban J connectivity index is 1.44. The van der Waals surface area contributed by atoms with Gasteiger partial charge in [-0.1, -0.05) is 17.4 Å². The van der Waals surface area contributed by atoms with Gasteiger partial charge < -0.3 is 4.74 Å². The van der Waals surface area contributed by atoms with E-state index in [0.29, 0.717) is 16.6 Å². The number of aryl methyl sites for hydroxylation is 1. The Kier molecular flexibility index (Phi) is 4.59. The standard InChI is InChI=1S/C18H17N3O2S2/c1-11-2-4-14-15(8-11)25-18(20-14)21-17(22)12-3-5-16(19-9-12)23-13-6-7-24-10-13/h2-5,8-9,13H,6-7,10H2,1H3,(H,20,21,22). The predicted molar refractivity (Wildman–Crippen MR) is 103 cm³/mol. The summed E-state index contributed by atoms with van der Waals surface area (Å²) >= 11 is 3.36. The number of amides is 1. The van der Waals surface area contributed by atoms with E-state index in [9.17, 15) is 4.79 Å². The molecule has 1 aliphatic rings. The fraction of sp³-hybridized carbons (Fsp3) is 0.278. The molecule has 1 fully saturated rings. The number of hydrogen-bond donors (Lipinski definition) is 1. The van der Waals surface area contributed by atoms with E-state index >= 15 is 0 Å². The summed E-state index contributed by atoms with van der Waals surface area (Å²) in [6.07, 6.45) is 2.82. The summed E-state index contributed by atoms with van der Waals surface area (Å²) in [5, 5.41) is 3.44. The summed E-state index contributed by atoms with van der Waals surface area (Å²) in [6.45, 7) is 2.04. The van der Waals surface area contributed by atoms with Crippen LogP contribution in [0.3, 0.4) is 0 Å². The van der Waals surface area contributed by atoms with Gasteiger partial charge in [0.1, 0.15) is 6.10 Å². The summed E-state index contributed by atoms with van der Waals surface area (Å²) in [4.78, 5) is 21.1. The molecule has 1 aliphatic heterocycles. The van der Waals surface area contributed by atoms with Crippen molar-refractivity contribution < 1.29 is 9.53 Å². The van der Waals surface area contributed by atoms with Gasteiger partial charge in [0.15, 0.2) is 5.13 Å². The molecule has 0 aliphatic carbocycles. The second-order valence-electron chi connectivity index (χ2n) is 5.93. The minimum atomic E-state index is -0.216. The van der Waals surface area contributed by atoms with E-state index in [-0.39, 0.29) is 12.0 Å². The second-order valence-corrected chi connectivity index (χ2v) is 8.11. The normalized spacial score (nSPS) is 16.9. The van der Waals surface area contributed by atoms with Crippen LogP contribution in [-0.4, -0.2) is 33.5 Å². The van der Waals surface area contributed by atoms with E-state index in [0.717, 1.165) is 28.1 Å². The SMILES string of the molecule is Cc1ccc2nc(NC(=O)c3ccc(OC4CCSC4)nc3)sc2c1. The van der Waals surface area contributed by atoms with Crippen molar-refractivity contribution in [2.45, 2.75) is 19.4 Å². The second kappa shape index (κ2) is 7.01. The fourth-order valence-electron chi connectivity index (χ4n) is 2.62. The summed E-state index contributed by atoms with van der Waals surface area (Å²) in [5.74, 6) is 2.49. The largest absolute Gasteiger partial charge is 0.473 e. The number of ether oxygens (including phenoxy) is 1. The predicted octanol–water partition coefficient (Wildman–Crippen LogP) is 4.14. The fourth-order valence-corrected chi connectivity index (χ4v) is 4.67. The lowest BCUT2D eigenvalue weighted by atomic mass is 10.2. The lowest BCUT2D eigenvalue weighted by Crippen LogP contribution is -2.16. The minimum Gasteiger partial charge on any atom is -0.473 e. The van der Waals surface area contributed by atoms with Gasteiger partial charge in [-0.2, -0.15) is 11.8 Å². The van der Waals surface area contributed by atoms with E-state index in [4.69, 9.17) is 4.74 Å². The highest BCUT2D eigenvalue weighted by atomic mass is 32.2. The molecule has 3 heterocycles. The smallest absolute Gasteiger partial charge is 0.259 e. The molecule has 7 heteroatoms. The van der Waals surface area contributed by atoms with E-state index < -0.39 is 0 Å². The lowest BCUT2D eigenvalue weighted by Gasteiger charge is -2.11. The summed E-state index contributed by atoms with van der Waals surface area (Å²) in [5.41, 5.74) is 2.56. The summed E-state index contributed by atoms with van der Waals surface area (Å²) in [7, 11) is 0. The molecule has 5 nitrogen and oxygen atoms in total. The number of thioether (sulfide) groups is 1. The molecule has 1 unspecified atom stereocenters. The lowest BCUT2D eigenvalue weighted by molar-refractivity contribution is 0.102. The molecule has 1 amide bonds. The van der Waals surface area contributed by atoms with Gasteiger partial charge in [0.2, 0.25) is 5.88 Å². The Morgan fingerprint density at radius 1 is 1.32 bits per heavy atom. The molecule has 25 heavy (non-hydrogen) atoms. The summed E-state index contributed by atoms with van der Waals surface area (Å²) < 4.78 is 6.87. The Morgan fingerprint density at radius 2 is 2.24 bits per heavy atom. The number of fused-ring (bicyclic) bond motifs is 1. The first-order valence-electron chi connectivity index (χ1n) is 8.06. The molecule has 4 rings (SSSR count). The van der Waals surface area contributed by atoms with Crippen LogP contribution in [0.1, 0.15) is 22.3 Å². The number of carbonyl (C=O) groups is 1. The van der Waals surface area contributed by atoms with Crippen molar-refractivity contribution in [3.63, 3.8) is 0 Å². The third kappa shape index (κ3) is 3.77. The van der Waals surface area contributed by atoms with Gasteiger partial charge in [0.05, 0.1) is 15.8 Å². The number of benzene rings is 1. The highest BCUT2D eigenvalue weighted by Gasteiger charge is 2.18. The van der Waals surface area contributed by atoms with Crippen LogP contribution in [0.4, 0.5) is 5.13 Å². The van der Waals surface area contributed by atoms with Crippen molar-refractivity contribution in [3.05, 3.63) is 47.7 Å². The zero-order valence-corrected chi connectivity index (χ0v) is 15.3. The minimum absolute atomic E-state index is 0.216. The zero-order chi connectivity index (χ0) is 17.2. The zero-order valence-electron chi connectivity index (χ0n) is 13.7. The van der Waals surface area contributed by atoms with E-state index in [2.05, 4.69) is 21.4 Å². The van der Waals surface area contributed by atoms with Gasteiger partial charge in [0, 0.05) is 18.0 Å². The number of rotatable bonds is 4. The Bertz CT molecular complexity index is 902. The molecule has 3 aromatic rings. The molecular weight excluding hydrogens is 354 g/mol. The highest BCUT2D eigenvalue weighted by molar-refractivity contribution is 7.99. The van der Waals surface area contributed by atoms with Crippen LogP contribution in [0.2, 0.25) is 0 Å². The molecule has 0 spiro atoms. The molecule has 0 bridgehead atoms. The molecular formula is C18H17N3O2S2. The quantitative estimate of drug-likeness (QED) is 0.747. The molecule has 128 valence electrons. The van der Waals surface area contributed by atoms with Gasteiger partial charge in [0.25, 0.3) is 5.91 Å². The van der Waals surface area contributed by atoms with E-state index in [1.54, 1.807) is 18.3 Å². The van der Waals surface area contributed by atoms with Crippen molar-refractivity contribution in [2.75, 3.05) is 16.8 Å². The number of anilines is 1. The van der Waals surface area contributed by atoms with E-state index in [1.165, 1.54) is 16.9 Å². The number of nitrogens with one attached hydrogen (secondary N) is 1. The molecule has 0 saturated carbocycles. The van der Waals surface area contributed by atoms with Crippen LogP contribution in [0.25, 0.3) is 10.2 Å². The van der Waals surface area contributed by atoms with Crippen molar-refractivity contribution >= 4 is 44.4 Å². The van der Waals surface area contributed by atoms with Crippen LogP contribution in [-0.2, 0) is 0 Å². The Morgan fingerprint density at radius 3 is 3.00 bits per heavy atom. The van der Waals surface area contributed by atoms with Gasteiger partial charge in [-0.15, -0.1) is 0 Å². The van der Waals surface area contributed by atoms with Crippen LogP contribution in [0, 0.1) is 6.92 Å². The number of thiazole rings is 1. The monoisotopic (exact) mass is 371 g/mol. The molecule has 1 saturated heterocycles. The first kappa shape index (κ1) is 16.4. The maximum Gasteiger partial charge on any atom is 0.259 e. The van der Waals surface area contributed by atoms with Crippen molar-refractivity contribution in [1.82, 2.24) is 9.97 Å². The number of hydrogen-bond acceptors (Lipinski definition) is 6. The van der Waals surface area contributed by atoms with Crippen LogP contribution >= 0.6 is 23.1 Å². The van der Waals surface area contributed by atoms with Gasteiger partial charge in [-0.3, -0.25) is 10.1 Å². The van der Waals surface area contributed by atoms with Crippen LogP contribution in [0.5, 0.6) is 5.88 Å². The highest BCUT2D eigenvalue weighted by Crippen LogP contribution is 2.27. The van der Waals surface area contributed by atoms with Gasteiger partial charge >= 0.3 is 0 Å². The third-order valence-corrected chi connectivity index (χ3v) is 6.00. The molecule has 1 atom stereocenters. The first-order valence-corrected chi connectivity index (χ1v) is 10.0. The first-order chi connectivity index (χ1) is 12.2. The Hall–Kier alpha value is -2.12. The summed E-state index contributed by atoms with van der Waals surface area (Å²) in [6, 6.07) is 9.53. The average molecular weight is 371 g/mol. The number of carbonyl (C=O) groups excluding carboxylic acids is 1. The average Bonchev–Trinajstić information content (AvgIpc) is 3.24. The molecule has 1 aromatic carbocycles. The van der Waals surface area contributed by atoms with Crippen molar-refractivity contribution in [3.8, 4) is 5.88 Å². The van der Waals surface area contributed by atoms with Gasteiger partial charge in [-0.25, -0.2) is 9.97 Å². The molecule has 1 N–H and O–H groups in total. The number of pyridine rings is 1. The molecule has 0 radical (unpaired) electrons. The van der Waals surface area contributed by atoms with Gasteiger partial charge in [-0.05, 0) is 42.9 Å². The third-order valence-electron chi connectivity index (χ3n) is 3.94. The van der Waals surface area contributed by atoms with Crippen LogP contribution in [0.15, 0.2) is 36.5 Å². The van der Waals surface area contributed by atoms with E-state index in [1.807, 2.05) is 30.8 Å². The Labute approximate surface area is 153 Å². The topological polar surface area (TPSA) is 64.1 Å². The maximum atomic E-state index is 12.4. The van der Waals surface area contributed by atoms with Crippen LogP contribution < -0.4 is 10.1 Å². The number of nitrogens with zero attached hydrogens (tertiary/aromatic N) is 2.